The van der Waals surface area contributed by atoms with Gasteiger partial charge in [0.25, 0.3) is 4.84 Å². The summed E-state index contributed by atoms with van der Waals surface area (Å²) in [5, 5.41) is 3.00. The average Bonchev–Trinajstić information content (AvgIpc) is 2.87. The number of rotatable bonds is 4. The molecule has 6 heteroatoms. The van der Waals surface area contributed by atoms with Gasteiger partial charge in [0.2, 0.25) is 5.91 Å². The number of nitrogens with one attached hydrogen (secondary N) is 2. The van der Waals surface area contributed by atoms with E-state index >= 15 is 0 Å². The lowest BCUT2D eigenvalue weighted by molar-refractivity contribution is -0.125. The van der Waals surface area contributed by atoms with Gasteiger partial charge in [-0.1, -0.05) is 13.8 Å². The fraction of sp³-hybridized carbons (Fsp3) is 0.529. The summed E-state index contributed by atoms with van der Waals surface area (Å²) in [7, 11) is 0. The highest BCUT2D eigenvalue weighted by Crippen LogP contribution is 2.32. The number of aromatic amines is 1. The number of ether oxygens (including phenoxy) is 1. The van der Waals surface area contributed by atoms with Gasteiger partial charge in [-0.3, -0.25) is 4.79 Å². The Bertz CT molecular complexity index is 757. The van der Waals surface area contributed by atoms with Gasteiger partial charge in [0, 0.05) is 30.4 Å². The van der Waals surface area contributed by atoms with Gasteiger partial charge in [-0.15, -0.1) is 0 Å². The maximum absolute atomic E-state index is 12.6. The van der Waals surface area contributed by atoms with Crippen molar-refractivity contribution in [3.8, 4) is 0 Å². The average molecular weight is 334 g/mol. The molecular formula is C17H22N2O3S. The van der Waals surface area contributed by atoms with E-state index in [-0.39, 0.29) is 5.91 Å². The summed E-state index contributed by atoms with van der Waals surface area (Å²) in [5.74, 6) is 0.576. The van der Waals surface area contributed by atoms with Gasteiger partial charge >= 0.3 is 0 Å². The highest BCUT2D eigenvalue weighted by molar-refractivity contribution is 7.71. The first-order valence-corrected chi connectivity index (χ1v) is 8.37. The monoisotopic (exact) mass is 334 g/mol. The molecule has 1 amide bonds. The van der Waals surface area contributed by atoms with Crippen LogP contribution in [-0.2, 0) is 9.53 Å². The number of fused-ring (bicyclic) bond motifs is 1. The van der Waals surface area contributed by atoms with Crippen LogP contribution in [0.25, 0.3) is 11.1 Å². The van der Waals surface area contributed by atoms with Gasteiger partial charge in [0.1, 0.15) is 0 Å². The van der Waals surface area contributed by atoms with E-state index in [1.54, 1.807) is 6.07 Å². The zero-order chi connectivity index (χ0) is 16.4. The molecule has 1 aromatic carbocycles. The number of hydrogen-bond acceptors (Lipinski definition) is 4. The van der Waals surface area contributed by atoms with E-state index in [2.05, 4.69) is 10.3 Å². The molecule has 1 saturated heterocycles. The SMILES string of the molecule is CC(C)(CC1CCOCC1)C(=O)Nc1ccc2[nH]c(=S)oc2c1. The zero-order valence-electron chi connectivity index (χ0n) is 13.5. The molecular weight excluding hydrogens is 312 g/mol. The molecule has 1 fully saturated rings. The van der Waals surface area contributed by atoms with E-state index in [0.717, 1.165) is 43.7 Å². The van der Waals surface area contributed by atoms with Gasteiger partial charge in [0.05, 0.1) is 5.52 Å². The third kappa shape index (κ3) is 3.82. The van der Waals surface area contributed by atoms with E-state index in [1.165, 1.54) is 0 Å². The molecule has 5 nitrogen and oxygen atoms in total. The first-order valence-electron chi connectivity index (χ1n) is 7.96. The highest BCUT2D eigenvalue weighted by Gasteiger charge is 2.31. The van der Waals surface area contributed by atoms with Gasteiger partial charge in [-0.25, -0.2) is 0 Å². The van der Waals surface area contributed by atoms with Crippen molar-refractivity contribution in [3.05, 3.63) is 23.0 Å². The van der Waals surface area contributed by atoms with E-state index in [1.807, 2.05) is 26.0 Å². The van der Waals surface area contributed by atoms with Crippen molar-refractivity contribution >= 4 is 34.9 Å². The molecule has 0 bridgehead atoms. The standard InChI is InChI=1S/C17H22N2O3S/c1-17(2,10-11-5-7-21-8-6-11)15(20)18-12-3-4-13-14(9-12)22-16(23)19-13/h3-4,9,11H,5-8,10H2,1-2H3,(H,18,20)(H,19,23). The number of aromatic nitrogens is 1. The second-order valence-corrected chi connectivity index (χ2v) is 7.19. The van der Waals surface area contributed by atoms with Crippen LogP contribution in [0.3, 0.4) is 0 Å². The van der Waals surface area contributed by atoms with Crippen LogP contribution in [0.2, 0.25) is 0 Å². The van der Waals surface area contributed by atoms with Crippen molar-refractivity contribution in [1.82, 2.24) is 4.98 Å². The van der Waals surface area contributed by atoms with Gasteiger partial charge in [-0.2, -0.15) is 0 Å². The van der Waals surface area contributed by atoms with E-state index < -0.39 is 5.41 Å². The lowest BCUT2D eigenvalue weighted by Gasteiger charge is -2.30. The molecule has 2 N–H and O–H groups in total. The molecule has 0 saturated carbocycles. The van der Waals surface area contributed by atoms with E-state index in [0.29, 0.717) is 16.3 Å². The van der Waals surface area contributed by atoms with E-state index in [4.69, 9.17) is 21.4 Å². The van der Waals surface area contributed by atoms with Crippen LogP contribution in [0.5, 0.6) is 0 Å². The number of hydrogen-bond donors (Lipinski definition) is 2. The van der Waals surface area contributed by atoms with Crippen molar-refractivity contribution in [3.63, 3.8) is 0 Å². The molecule has 2 heterocycles. The molecule has 1 aliphatic rings. The molecule has 2 aromatic rings. The lowest BCUT2D eigenvalue weighted by atomic mass is 9.79. The summed E-state index contributed by atoms with van der Waals surface area (Å²) in [5.41, 5.74) is 1.78. The summed E-state index contributed by atoms with van der Waals surface area (Å²) in [4.78, 5) is 15.9. The second kappa shape index (κ2) is 6.45. The Balaban J connectivity index is 1.69. The number of carbonyl (C=O) groups excluding carboxylic acids is 1. The first kappa shape index (κ1) is 16.2. The summed E-state index contributed by atoms with van der Waals surface area (Å²) < 4.78 is 10.8. The second-order valence-electron chi connectivity index (χ2n) is 6.82. The Morgan fingerprint density at radius 2 is 2.13 bits per heavy atom. The van der Waals surface area contributed by atoms with Crippen molar-refractivity contribution in [2.24, 2.45) is 11.3 Å². The fourth-order valence-electron chi connectivity index (χ4n) is 3.09. The van der Waals surface area contributed by atoms with Gasteiger partial charge in [0.15, 0.2) is 5.58 Å². The molecule has 0 unspecified atom stereocenters. The van der Waals surface area contributed by atoms with E-state index in [9.17, 15) is 4.79 Å². The van der Waals surface area contributed by atoms with Crippen molar-refractivity contribution in [2.45, 2.75) is 33.1 Å². The molecule has 124 valence electrons. The highest BCUT2D eigenvalue weighted by atomic mass is 32.1. The Morgan fingerprint density at radius 1 is 1.39 bits per heavy atom. The topological polar surface area (TPSA) is 67.3 Å². The van der Waals surface area contributed by atoms with Crippen LogP contribution in [-0.4, -0.2) is 24.1 Å². The maximum Gasteiger partial charge on any atom is 0.266 e. The third-order valence-corrected chi connectivity index (χ3v) is 4.62. The minimum absolute atomic E-state index is 0.0254. The summed E-state index contributed by atoms with van der Waals surface area (Å²) in [6.07, 6.45) is 2.94. The predicted molar refractivity (Wildman–Crippen MR) is 92.0 cm³/mol. The smallest absolute Gasteiger partial charge is 0.266 e. The Hall–Kier alpha value is -1.66. The Labute approximate surface area is 140 Å². The minimum Gasteiger partial charge on any atom is -0.429 e. The maximum atomic E-state index is 12.6. The molecule has 23 heavy (non-hydrogen) atoms. The zero-order valence-corrected chi connectivity index (χ0v) is 14.3. The van der Waals surface area contributed by atoms with Crippen LogP contribution in [0.15, 0.2) is 22.6 Å². The van der Waals surface area contributed by atoms with Crippen molar-refractivity contribution < 1.29 is 13.9 Å². The number of anilines is 1. The van der Waals surface area contributed by atoms with Crippen LogP contribution in [0, 0.1) is 16.2 Å². The quantitative estimate of drug-likeness (QED) is 0.819. The number of oxazole rings is 1. The Morgan fingerprint density at radius 3 is 2.87 bits per heavy atom. The third-order valence-electron chi connectivity index (χ3n) is 4.43. The van der Waals surface area contributed by atoms with Crippen molar-refractivity contribution in [1.29, 1.82) is 0 Å². The van der Waals surface area contributed by atoms with Crippen LogP contribution in [0.4, 0.5) is 5.69 Å². The molecule has 1 aromatic heterocycles. The minimum atomic E-state index is -0.421. The van der Waals surface area contributed by atoms with Crippen LogP contribution >= 0.6 is 12.2 Å². The molecule has 1 aliphatic heterocycles. The molecule has 0 spiro atoms. The Kier molecular flexibility index (Phi) is 4.55. The van der Waals surface area contributed by atoms with Crippen molar-refractivity contribution in [2.75, 3.05) is 18.5 Å². The predicted octanol–water partition coefficient (Wildman–Crippen LogP) is 4.27. The molecule has 3 rings (SSSR count). The number of benzene rings is 1. The summed E-state index contributed by atoms with van der Waals surface area (Å²) in [6, 6.07) is 5.51. The normalized spacial score (nSPS) is 16.6. The molecule has 0 atom stereocenters. The number of H-pyrrole nitrogens is 1. The lowest BCUT2D eigenvalue weighted by Crippen LogP contribution is -2.34. The molecule has 0 radical (unpaired) electrons. The first-order chi connectivity index (χ1) is 10.9. The van der Waals surface area contributed by atoms with Crippen LogP contribution in [0.1, 0.15) is 33.1 Å². The molecule has 0 aliphatic carbocycles. The van der Waals surface area contributed by atoms with Gasteiger partial charge in [-0.05, 0) is 49.5 Å². The fourth-order valence-corrected chi connectivity index (χ4v) is 3.29. The van der Waals surface area contributed by atoms with Crippen LogP contribution < -0.4 is 5.32 Å². The number of carbonyl (C=O) groups is 1. The number of amides is 1. The largest absolute Gasteiger partial charge is 0.429 e. The summed E-state index contributed by atoms with van der Waals surface area (Å²) in [6.45, 7) is 5.60. The van der Waals surface area contributed by atoms with Gasteiger partial charge < -0.3 is 19.5 Å². The summed E-state index contributed by atoms with van der Waals surface area (Å²) >= 11 is 4.97.